The molecule has 1 heterocycles. The molecule has 23 heavy (non-hydrogen) atoms. The van der Waals surface area contributed by atoms with Crippen molar-refractivity contribution in [2.24, 2.45) is 5.92 Å². The van der Waals surface area contributed by atoms with Gasteiger partial charge in [0.05, 0.1) is 0 Å². The van der Waals surface area contributed by atoms with Crippen molar-refractivity contribution in [2.75, 3.05) is 19.6 Å². The summed E-state index contributed by atoms with van der Waals surface area (Å²) in [6.45, 7) is 2.78. The number of carbonyl (C=O) groups excluding carboxylic acids is 2. The van der Waals surface area contributed by atoms with E-state index in [1.807, 2.05) is 0 Å². The molecule has 1 amide bonds. The van der Waals surface area contributed by atoms with E-state index in [1.54, 1.807) is 0 Å². The van der Waals surface area contributed by atoms with Gasteiger partial charge in [-0.1, -0.05) is 0 Å². The van der Waals surface area contributed by atoms with Crippen LogP contribution in [0.25, 0.3) is 0 Å². The van der Waals surface area contributed by atoms with E-state index >= 15 is 0 Å². The monoisotopic (exact) mass is 342 g/mol. The maximum absolute atomic E-state index is 12.8. The standard InChI is InChI=1S/C17H23FN2O2.ClH/c18-15-5-3-14(4-6-15)16(21)7-8-17(22)20-11-9-13-2-1-10-19-12-13;/h3-6,13,19H,1-2,7-12H2,(H,20,22);1H. The van der Waals surface area contributed by atoms with Crippen LogP contribution in [0.3, 0.4) is 0 Å². The van der Waals surface area contributed by atoms with E-state index in [4.69, 9.17) is 0 Å². The molecule has 128 valence electrons. The van der Waals surface area contributed by atoms with Gasteiger partial charge in [-0.25, -0.2) is 4.39 Å². The normalized spacial score (nSPS) is 17.2. The molecule has 0 aromatic heterocycles. The molecule has 6 heteroatoms. The van der Waals surface area contributed by atoms with Crippen LogP contribution >= 0.6 is 12.4 Å². The van der Waals surface area contributed by atoms with Crippen LogP contribution in [-0.4, -0.2) is 31.3 Å². The molecule has 1 fully saturated rings. The van der Waals surface area contributed by atoms with E-state index in [-0.39, 0.29) is 42.8 Å². The number of nitrogens with one attached hydrogen (secondary N) is 2. The molecular formula is C17H24ClFN2O2. The molecule has 2 N–H and O–H groups in total. The molecule has 1 aromatic rings. The van der Waals surface area contributed by atoms with Crippen LogP contribution in [0.1, 0.15) is 42.5 Å². The first-order valence-electron chi connectivity index (χ1n) is 7.91. The minimum atomic E-state index is -0.369. The maximum atomic E-state index is 12.8. The predicted molar refractivity (Wildman–Crippen MR) is 90.4 cm³/mol. The average molecular weight is 343 g/mol. The van der Waals surface area contributed by atoms with Crippen LogP contribution in [0.2, 0.25) is 0 Å². The van der Waals surface area contributed by atoms with Crippen LogP contribution < -0.4 is 10.6 Å². The third kappa shape index (κ3) is 7.10. The highest BCUT2D eigenvalue weighted by Crippen LogP contribution is 2.13. The minimum Gasteiger partial charge on any atom is -0.356 e. The molecule has 1 atom stereocenters. The maximum Gasteiger partial charge on any atom is 0.220 e. The van der Waals surface area contributed by atoms with Crippen molar-refractivity contribution < 1.29 is 14.0 Å². The Morgan fingerprint density at radius 3 is 2.61 bits per heavy atom. The van der Waals surface area contributed by atoms with E-state index in [0.717, 1.165) is 19.5 Å². The second kappa shape index (κ2) is 10.3. The van der Waals surface area contributed by atoms with Gasteiger partial charge in [0.25, 0.3) is 0 Å². The highest BCUT2D eigenvalue weighted by atomic mass is 35.5. The van der Waals surface area contributed by atoms with E-state index < -0.39 is 0 Å². The van der Waals surface area contributed by atoms with Crippen molar-refractivity contribution in [3.05, 3.63) is 35.6 Å². The Morgan fingerprint density at radius 1 is 1.22 bits per heavy atom. The first kappa shape index (κ1) is 19.6. The molecule has 1 aromatic carbocycles. The summed E-state index contributed by atoms with van der Waals surface area (Å²) < 4.78 is 12.8. The molecule has 0 radical (unpaired) electrons. The third-order valence-electron chi connectivity index (χ3n) is 4.02. The van der Waals surface area contributed by atoms with Gasteiger partial charge in [0.15, 0.2) is 5.78 Å². The van der Waals surface area contributed by atoms with Gasteiger partial charge in [-0.2, -0.15) is 0 Å². The fraction of sp³-hybridized carbons (Fsp3) is 0.529. The number of rotatable bonds is 7. The molecule has 1 unspecified atom stereocenters. The van der Waals surface area contributed by atoms with Crippen molar-refractivity contribution in [3.8, 4) is 0 Å². The number of ketones is 1. The first-order chi connectivity index (χ1) is 10.6. The summed E-state index contributed by atoms with van der Waals surface area (Å²) in [5.74, 6) is 0.0345. The second-order valence-corrected chi connectivity index (χ2v) is 5.78. The molecule has 1 aliphatic heterocycles. The van der Waals surface area contributed by atoms with Gasteiger partial charge in [0.1, 0.15) is 5.82 Å². The molecule has 0 bridgehead atoms. The van der Waals surface area contributed by atoms with Crippen molar-refractivity contribution in [2.45, 2.75) is 32.1 Å². The number of hydrogen-bond donors (Lipinski definition) is 2. The van der Waals surface area contributed by atoms with Crippen LogP contribution in [0.5, 0.6) is 0 Å². The van der Waals surface area contributed by atoms with Crippen molar-refractivity contribution >= 4 is 24.1 Å². The van der Waals surface area contributed by atoms with Crippen LogP contribution in [-0.2, 0) is 4.79 Å². The Kier molecular flexibility index (Phi) is 8.81. The number of amides is 1. The van der Waals surface area contributed by atoms with Gasteiger partial charge in [-0.15, -0.1) is 12.4 Å². The largest absolute Gasteiger partial charge is 0.356 e. The highest BCUT2D eigenvalue weighted by Gasteiger charge is 2.13. The van der Waals surface area contributed by atoms with Crippen LogP contribution in [0.15, 0.2) is 24.3 Å². The molecule has 2 rings (SSSR count). The lowest BCUT2D eigenvalue weighted by Gasteiger charge is -2.22. The summed E-state index contributed by atoms with van der Waals surface area (Å²) >= 11 is 0. The Balaban J connectivity index is 0.00000264. The number of carbonyl (C=O) groups is 2. The molecule has 1 aliphatic rings. The fourth-order valence-corrected chi connectivity index (χ4v) is 2.68. The SMILES string of the molecule is Cl.O=C(CCC(=O)c1ccc(F)cc1)NCCC1CCCNC1. The van der Waals surface area contributed by atoms with Crippen molar-refractivity contribution in [1.29, 1.82) is 0 Å². The number of hydrogen-bond acceptors (Lipinski definition) is 3. The molecule has 0 saturated carbocycles. The zero-order valence-corrected chi connectivity index (χ0v) is 14.0. The Labute approximate surface area is 142 Å². The number of benzene rings is 1. The molecule has 4 nitrogen and oxygen atoms in total. The van der Waals surface area contributed by atoms with E-state index in [0.29, 0.717) is 18.0 Å². The first-order valence-corrected chi connectivity index (χ1v) is 7.91. The molecule has 0 aliphatic carbocycles. The molecular weight excluding hydrogens is 319 g/mol. The van der Waals surface area contributed by atoms with Gasteiger partial charge in [-0.05, 0) is 62.5 Å². The van der Waals surface area contributed by atoms with Gasteiger partial charge in [0, 0.05) is 24.9 Å². The summed E-state index contributed by atoms with van der Waals surface area (Å²) in [6, 6.07) is 5.41. The fourth-order valence-electron chi connectivity index (χ4n) is 2.68. The van der Waals surface area contributed by atoms with Crippen LogP contribution in [0, 0.1) is 11.7 Å². The number of Topliss-reactive ketones (excluding diaryl/α,β-unsaturated/α-hetero) is 1. The number of halogens is 2. The zero-order chi connectivity index (χ0) is 15.8. The van der Waals surface area contributed by atoms with Crippen molar-refractivity contribution in [3.63, 3.8) is 0 Å². The Bertz CT molecular complexity index is 502. The summed E-state index contributed by atoms with van der Waals surface area (Å²) in [5, 5.41) is 6.22. The quantitative estimate of drug-likeness (QED) is 0.749. The van der Waals surface area contributed by atoms with Gasteiger partial charge < -0.3 is 10.6 Å². The van der Waals surface area contributed by atoms with Gasteiger partial charge >= 0.3 is 0 Å². The lowest BCUT2D eigenvalue weighted by Crippen LogP contribution is -2.33. The summed E-state index contributed by atoms with van der Waals surface area (Å²) in [6.07, 6.45) is 3.73. The van der Waals surface area contributed by atoms with Crippen LogP contribution in [0.4, 0.5) is 4.39 Å². The van der Waals surface area contributed by atoms with Crippen molar-refractivity contribution in [1.82, 2.24) is 10.6 Å². The Hall–Kier alpha value is -1.46. The zero-order valence-electron chi connectivity index (χ0n) is 13.1. The van der Waals surface area contributed by atoms with Gasteiger partial charge in [-0.3, -0.25) is 9.59 Å². The summed E-state index contributed by atoms with van der Waals surface area (Å²) in [5.41, 5.74) is 0.447. The summed E-state index contributed by atoms with van der Waals surface area (Å²) in [7, 11) is 0. The lowest BCUT2D eigenvalue weighted by atomic mass is 9.96. The highest BCUT2D eigenvalue weighted by molar-refractivity contribution is 5.97. The number of piperidine rings is 1. The van der Waals surface area contributed by atoms with E-state index in [9.17, 15) is 14.0 Å². The second-order valence-electron chi connectivity index (χ2n) is 5.78. The molecule has 0 spiro atoms. The molecule has 1 saturated heterocycles. The Morgan fingerprint density at radius 2 is 1.96 bits per heavy atom. The summed E-state index contributed by atoms with van der Waals surface area (Å²) in [4.78, 5) is 23.6. The predicted octanol–water partition coefficient (Wildman–Crippen LogP) is 2.72. The van der Waals surface area contributed by atoms with E-state index in [2.05, 4.69) is 10.6 Å². The van der Waals surface area contributed by atoms with Gasteiger partial charge in [0.2, 0.25) is 5.91 Å². The average Bonchev–Trinajstić information content (AvgIpc) is 2.54. The lowest BCUT2D eigenvalue weighted by molar-refractivity contribution is -0.121. The third-order valence-corrected chi connectivity index (χ3v) is 4.02. The van der Waals surface area contributed by atoms with E-state index in [1.165, 1.54) is 37.1 Å². The topological polar surface area (TPSA) is 58.2 Å². The minimum absolute atomic E-state index is 0. The smallest absolute Gasteiger partial charge is 0.220 e.